The molecule has 0 unspecified atom stereocenters. The Bertz CT molecular complexity index is 553. The summed E-state index contributed by atoms with van der Waals surface area (Å²) in [4.78, 5) is 22.2. The third-order valence-corrected chi connectivity index (χ3v) is 2.45. The maximum Gasteiger partial charge on any atom is 0.347 e. The summed E-state index contributed by atoms with van der Waals surface area (Å²) in [7, 11) is 0. The van der Waals surface area contributed by atoms with Gasteiger partial charge in [0.05, 0.1) is 0 Å². The smallest absolute Gasteiger partial charge is 0.309 e. The first kappa shape index (κ1) is 10.6. The Morgan fingerprint density at radius 1 is 1.44 bits per heavy atom. The molecule has 5 nitrogen and oxygen atoms in total. The first-order valence-corrected chi connectivity index (χ1v) is 5.19. The highest BCUT2D eigenvalue weighted by Gasteiger charge is 2.07. The van der Waals surface area contributed by atoms with Gasteiger partial charge in [-0.05, 0) is 12.8 Å². The second-order valence-corrected chi connectivity index (χ2v) is 4.00. The molecule has 0 aliphatic heterocycles. The van der Waals surface area contributed by atoms with E-state index in [2.05, 4.69) is 15.0 Å². The van der Waals surface area contributed by atoms with Crippen LogP contribution in [0.2, 0.25) is 0 Å². The second-order valence-electron chi connectivity index (χ2n) is 4.00. The zero-order valence-electron chi connectivity index (χ0n) is 9.56. The first-order chi connectivity index (χ1) is 7.58. The Balaban J connectivity index is 2.58. The quantitative estimate of drug-likeness (QED) is 0.828. The van der Waals surface area contributed by atoms with E-state index in [1.807, 2.05) is 26.8 Å². The average Bonchev–Trinajstić information content (AvgIpc) is 2.63. The molecule has 2 rings (SSSR count). The van der Waals surface area contributed by atoms with Crippen LogP contribution < -0.4 is 5.69 Å². The number of aromatic amines is 1. The number of hydrogen-bond acceptors (Lipinski definition) is 3. The Kier molecular flexibility index (Phi) is 2.60. The predicted molar refractivity (Wildman–Crippen MR) is 60.8 cm³/mol. The third-order valence-electron chi connectivity index (χ3n) is 2.45. The van der Waals surface area contributed by atoms with Crippen LogP contribution in [0, 0.1) is 6.92 Å². The summed E-state index contributed by atoms with van der Waals surface area (Å²) >= 11 is 0. The molecule has 5 heteroatoms. The average molecular weight is 218 g/mol. The van der Waals surface area contributed by atoms with E-state index in [0.717, 1.165) is 11.5 Å². The van der Waals surface area contributed by atoms with Crippen molar-refractivity contribution < 1.29 is 0 Å². The van der Waals surface area contributed by atoms with Crippen LogP contribution in [0.1, 0.15) is 31.3 Å². The number of hydrogen-bond donors (Lipinski definition) is 1. The lowest BCUT2D eigenvalue weighted by Crippen LogP contribution is -2.17. The van der Waals surface area contributed by atoms with Crippen molar-refractivity contribution in [2.45, 2.75) is 26.7 Å². The van der Waals surface area contributed by atoms with Crippen molar-refractivity contribution in [2.75, 3.05) is 0 Å². The molecule has 0 fully saturated rings. The van der Waals surface area contributed by atoms with Crippen LogP contribution in [0.4, 0.5) is 0 Å². The van der Waals surface area contributed by atoms with E-state index in [1.165, 1.54) is 0 Å². The largest absolute Gasteiger partial charge is 0.347 e. The van der Waals surface area contributed by atoms with E-state index in [0.29, 0.717) is 5.82 Å². The van der Waals surface area contributed by atoms with Gasteiger partial charge in [-0.25, -0.2) is 9.78 Å². The van der Waals surface area contributed by atoms with Crippen LogP contribution in [0.25, 0.3) is 5.82 Å². The van der Waals surface area contributed by atoms with Gasteiger partial charge in [0, 0.05) is 24.2 Å². The molecule has 0 aliphatic carbocycles. The monoisotopic (exact) mass is 218 g/mol. The Morgan fingerprint density at radius 3 is 2.75 bits per heavy atom. The lowest BCUT2D eigenvalue weighted by atomic mass is 10.1. The maximum atomic E-state index is 11.4. The van der Waals surface area contributed by atoms with E-state index >= 15 is 0 Å². The summed E-state index contributed by atoms with van der Waals surface area (Å²) in [5, 5.41) is 0. The molecule has 2 heterocycles. The van der Waals surface area contributed by atoms with Crippen LogP contribution >= 0.6 is 0 Å². The minimum atomic E-state index is -0.325. The summed E-state index contributed by atoms with van der Waals surface area (Å²) in [6.45, 7) is 5.92. The molecule has 0 amide bonds. The minimum Gasteiger partial charge on any atom is -0.309 e. The van der Waals surface area contributed by atoms with E-state index in [-0.39, 0.29) is 11.6 Å². The van der Waals surface area contributed by atoms with Gasteiger partial charge in [-0.2, -0.15) is 4.98 Å². The van der Waals surface area contributed by atoms with Gasteiger partial charge in [-0.15, -0.1) is 0 Å². The standard InChI is InChI=1S/C11H14N4O/c1-7(2)9-6-10(14-11(16)13-9)15-5-4-12-8(15)3/h4-7H,1-3H3,(H,13,14,16). The number of rotatable bonds is 2. The number of H-pyrrole nitrogens is 1. The summed E-state index contributed by atoms with van der Waals surface area (Å²) in [6.07, 6.45) is 3.48. The Hall–Kier alpha value is -1.91. The fourth-order valence-corrected chi connectivity index (χ4v) is 1.52. The Morgan fingerprint density at radius 2 is 2.19 bits per heavy atom. The zero-order chi connectivity index (χ0) is 11.7. The number of aromatic nitrogens is 4. The van der Waals surface area contributed by atoms with E-state index in [9.17, 15) is 4.79 Å². The molecular formula is C11H14N4O. The lowest BCUT2D eigenvalue weighted by Gasteiger charge is -2.08. The normalized spacial score (nSPS) is 11.0. The van der Waals surface area contributed by atoms with Gasteiger partial charge in [0.2, 0.25) is 0 Å². The molecule has 0 bridgehead atoms. The molecule has 2 aromatic rings. The van der Waals surface area contributed by atoms with Crippen molar-refractivity contribution in [2.24, 2.45) is 0 Å². The highest BCUT2D eigenvalue weighted by molar-refractivity contribution is 5.26. The van der Waals surface area contributed by atoms with E-state index in [1.54, 1.807) is 17.0 Å². The number of aryl methyl sites for hydroxylation is 1. The molecule has 84 valence electrons. The van der Waals surface area contributed by atoms with Crippen LogP contribution in [0.5, 0.6) is 0 Å². The van der Waals surface area contributed by atoms with E-state index < -0.39 is 0 Å². The molecule has 0 saturated carbocycles. The summed E-state index contributed by atoms with van der Waals surface area (Å²) in [5.74, 6) is 1.69. The van der Waals surface area contributed by atoms with Gasteiger partial charge in [-0.1, -0.05) is 13.8 Å². The van der Waals surface area contributed by atoms with Gasteiger partial charge in [-0.3, -0.25) is 4.57 Å². The summed E-state index contributed by atoms with van der Waals surface area (Å²) < 4.78 is 1.79. The molecule has 0 aromatic carbocycles. The van der Waals surface area contributed by atoms with Gasteiger partial charge in [0.1, 0.15) is 11.6 Å². The van der Waals surface area contributed by atoms with Crippen molar-refractivity contribution in [1.82, 2.24) is 19.5 Å². The Labute approximate surface area is 93.2 Å². The van der Waals surface area contributed by atoms with Crippen molar-refractivity contribution in [3.63, 3.8) is 0 Å². The fourth-order valence-electron chi connectivity index (χ4n) is 1.52. The highest BCUT2D eigenvalue weighted by Crippen LogP contribution is 2.13. The predicted octanol–water partition coefficient (Wildman–Crippen LogP) is 1.39. The summed E-state index contributed by atoms with van der Waals surface area (Å²) in [6, 6.07) is 1.88. The number of nitrogens with one attached hydrogen (secondary N) is 1. The highest BCUT2D eigenvalue weighted by atomic mass is 16.1. The minimum absolute atomic E-state index is 0.262. The molecule has 0 spiro atoms. The number of nitrogens with zero attached hydrogens (tertiary/aromatic N) is 3. The zero-order valence-corrected chi connectivity index (χ0v) is 9.56. The maximum absolute atomic E-state index is 11.4. The van der Waals surface area contributed by atoms with Crippen LogP contribution in [0.3, 0.4) is 0 Å². The van der Waals surface area contributed by atoms with Gasteiger partial charge in [0.25, 0.3) is 0 Å². The third kappa shape index (κ3) is 1.88. The van der Waals surface area contributed by atoms with E-state index in [4.69, 9.17) is 0 Å². The molecule has 0 radical (unpaired) electrons. The molecule has 1 N–H and O–H groups in total. The van der Waals surface area contributed by atoms with Crippen LogP contribution in [-0.4, -0.2) is 19.5 Å². The molecule has 2 aromatic heterocycles. The summed E-state index contributed by atoms with van der Waals surface area (Å²) in [5.41, 5.74) is 0.553. The molecule has 0 aliphatic rings. The number of imidazole rings is 1. The van der Waals surface area contributed by atoms with Gasteiger partial charge >= 0.3 is 5.69 Å². The van der Waals surface area contributed by atoms with Crippen LogP contribution in [-0.2, 0) is 0 Å². The molecular weight excluding hydrogens is 204 g/mol. The van der Waals surface area contributed by atoms with Gasteiger partial charge < -0.3 is 4.98 Å². The SMILES string of the molecule is Cc1nccn1-c1cc(C(C)C)[nH]c(=O)n1. The fraction of sp³-hybridized carbons (Fsp3) is 0.364. The van der Waals surface area contributed by atoms with Crippen molar-refractivity contribution in [3.05, 3.63) is 40.5 Å². The topological polar surface area (TPSA) is 63.6 Å². The molecule has 0 atom stereocenters. The molecule has 16 heavy (non-hydrogen) atoms. The van der Waals surface area contributed by atoms with Gasteiger partial charge in [0.15, 0.2) is 0 Å². The second kappa shape index (κ2) is 3.92. The first-order valence-electron chi connectivity index (χ1n) is 5.19. The van der Waals surface area contributed by atoms with Crippen LogP contribution in [0.15, 0.2) is 23.3 Å². The van der Waals surface area contributed by atoms with Crippen molar-refractivity contribution >= 4 is 0 Å². The van der Waals surface area contributed by atoms with Crippen molar-refractivity contribution in [1.29, 1.82) is 0 Å². The lowest BCUT2D eigenvalue weighted by molar-refractivity contribution is 0.786. The van der Waals surface area contributed by atoms with Crippen molar-refractivity contribution in [3.8, 4) is 5.82 Å². The molecule has 0 saturated heterocycles.